The lowest BCUT2D eigenvalue weighted by Crippen LogP contribution is -2.16. The summed E-state index contributed by atoms with van der Waals surface area (Å²) in [5.74, 6) is -0.626. The van der Waals surface area contributed by atoms with E-state index in [4.69, 9.17) is 21.4 Å². The van der Waals surface area contributed by atoms with E-state index in [0.717, 1.165) is 0 Å². The van der Waals surface area contributed by atoms with Crippen molar-refractivity contribution < 1.29 is 14.6 Å². The van der Waals surface area contributed by atoms with Crippen molar-refractivity contribution in [3.05, 3.63) is 5.28 Å². The molecule has 0 bridgehead atoms. The Morgan fingerprint density at radius 2 is 2.24 bits per heavy atom. The highest BCUT2D eigenvalue weighted by molar-refractivity contribution is 6.28. The summed E-state index contributed by atoms with van der Waals surface area (Å²) >= 11 is 5.65. The van der Waals surface area contributed by atoms with Crippen LogP contribution in [0.2, 0.25) is 5.28 Å². The molecule has 0 saturated heterocycles. The molecule has 0 aromatic carbocycles. The van der Waals surface area contributed by atoms with E-state index in [1.165, 1.54) is 7.11 Å². The Morgan fingerprint density at radius 3 is 2.82 bits per heavy atom. The minimum absolute atomic E-state index is 0.0187. The molecule has 8 heteroatoms. The first-order chi connectivity index (χ1) is 8.01. The molecule has 0 spiro atoms. The zero-order chi connectivity index (χ0) is 12.8. The number of carboxylic acids is 1. The highest BCUT2D eigenvalue weighted by Gasteiger charge is 2.09. The molecule has 0 aliphatic carbocycles. The molecular formula is C9H13ClN4O3. The van der Waals surface area contributed by atoms with Crippen molar-refractivity contribution in [3.63, 3.8) is 0 Å². The topological polar surface area (TPSA) is 97.2 Å². The summed E-state index contributed by atoms with van der Waals surface area (Å²) in [5.41, 5.74) is 0. The van der Waals surface area contributed by atoms with Crippen LogP contribution in [0.4, 0.5) is 5.95 Å². The van der Waals surface area contributed by atoms with Crippen LogP contribution < -0.4 is 10.1 Å². The molecule has 1 heterocycles. The van der Waals surface area contributed by atoms with Crippen LogP contribution in [0.1, 0.15) is 13.3 Å². The predicted octanol–water partition coefficient (Wildman–Crippen LogP) is 1.06. The molecule has 2 N–H and O–H groups in total. The number of aromatic nitrogens is 3. The number of nitrogens with zero attached hydrogens (tertiary/aromatic N) is 3. The number of hydrogen-bond acceptors (Lipinski definition) is 6. The van der Waals surface area contributed by atoms with Gasteiger partial charge in [0.25, 0.3) is 0 Å². The van der Waals surface area contributed by atoms with Crippen LogP contribution in [0.5, 0.6) is 6.01 Å². The molecule has 1 rings (SSSR count). The zero-order valence-corrected chi connectivity index (χ0v) is 10.2. The van der Waals surface area contributed by atoms with Crippen LogP contribution in [-0.2, 0) is 4.79 Å². The quantitative estimate of drug-likeness (QED) is 0.789. The van der Waals surface area contributed by atoms with Crippen LogP contribution in [0.25, 0.3) is 0 Å². The molecule has 94 valence electrons. The molecule has 0 aliphatic rings. The first-order valence-corrected chi connectivity index (χ1v) is 5.30. The Hall–Kier alpha value is -1.63. The predicted molar refractivity (Wildman–Crippen MR) is 61.3 cm³/mol. The monoisotopic (exact) mass is 260 g/mol. The van der Waals surface area contributed by atoms with Crippen molar-refractivity contribution in [1.29, 1.82) is 0 Å². The van der Waals surface area contributed by atoms with E-state index in [1.54, 1.807) is 6.92 Å². The second kappa shape index (κ2) is 6.19. The number of ether oxygens (including phenoxy) is 1. The number of aliphatic carboxylic acids is 1. The van der Waals surface area contributed by atoms with E-state index in [0.29, 0.717) is 6.54 Å². The Bertz CT molecular complexity index is 402. The summed E-state index contributed by atoms with van der Waals surface area (Å²) in [4.78, 5) is 21.9. The van der Waals surface area contributed by atoms with Gasteiger partial charge in [0, 0.05) is 13.0 Å². The smallest absolute Gasteiger partial charge is 0.322 e. The Balaban J connectivity index is 2.56. The van der Waals surface area contributed by atoms with Crippen LogP contribution in [0.3, 0.4) is 0 Å². The molecule has 1 atom stereocenters. The highest BCUT2D eigenvalue weighted by Crippen LogP contribution is 2.11. The van der Waals surface area contributed by atoms with E-state index >= 15 is 0 Å². The van der Waals surface area contributed by atoms with Crippen LogP contribution in [0, 0.1) is 5.92 Å². The molecule has 17 heavy (non-hydrogen) atoms. The van der Waals surface area contributed by atoms with Gasteiger partial charge < -0.3 is 15.2 Å². The van der Waals surface area contributed by atoms with E-state index in [-0.39, 0.29) is 29.6 Å². The lowest BCUT2D eigenvalue weighted by Gasteiger charge is -2.10. The average Bonchev–Trinajstić information content (AvgIpc) is 2.24. The first-order valence-electron chi connectivity index (χ1n) is 4.92. The molecule has 0 aliphatic heterocycles. The van der Waals surface area contributed by atoms with Gasteiger partial charge in [-0.25, -0.2) is 0 Å². The maximum atomic E-state index is 10.5. The zero-order valence-electron chi connectivity index (χ0n) is 9.47. The summed E-state index contributed by atoms with van der Waals surface area (Å²) in [7, 11) is 1.42. The molecule has 1 unspecified atom stereocenters. The largest absolute Gasteiger partial charge is 0.481 e. The number of carbonyl (C=O) groups is 1. The maximum Gasteiger partial charge on any atom is 0.322 e. The van der Waals surface area contributed by atoms with Crippen LogP contribution in [0.15, 0.2) is 0 Å². The van der Waals surface area contributed by atoms with Gasteiger partial charge in [0.15, 0.2) is 0 Å². The molecule has 0 amide bonds. The van der Waals surface area contributed by atoms with Gasteiger partial charge in [0.05, 0.1) is 7.11 Å². The molecule has 0 radical (unpaired) electrons. The second-order valence-corrected chi connectivity index (χ2v) is 3.84. The fraction of sp³-hybridized carbons (Fsp3) is 0.556. The fourth-order valence-corrected chi connectivity index (χ4v) is 1.29. The highest BCUT2D eigenvalue weighted by atomic mass is 35.5. The SMILES string of the molecule is COc1nc(Cl)nc(NCC(C)CC(=O)O)n1. The number of methoxy groups -OCH3 is 1. The minimum Gasteiger partial charge on any atom is -0.481 e. The fourth-order valence-electron chi connectivity index (χ4n) is 1.14. The third-order valence-corrected chi connectivity index (χ3v) is 2.07. The standard InChI is InChI=1S/C9H13ClN4O3/c1-5(3-6(15)16)4-11-8-12-7(10)13-9(14-8)17-2/h5H,3-4H2,1-2H3,(H,15,16)(H,11,12,13,14). The molecule has 0 saturated carbocycles. The summed E-state index contributed by atoms with van der Waals surface area (Å²) in [6, 6.07) is 0.110. The molecule has 7 nitrogen and oxygen atoms in total. The molecule has 1 aromatic heterocycles. The van der Waals surface area contributed by atoms with Gasteiger partial charge in [-0.1, -0.05) is 6.92 Å². The summed E-state index contributed by atoms with van der Waals surface area (Å²) < 4.78 is 4.83. The van der Waals surface area contributed by atoms with Crippen LogP contribution >= 0.6 is 11.6 Å². The van der Waals surface area contributed by atoms with Gasteiger partial charge >= 0.3 is 12.0 Å². The van der Waals surface area contributed by atoms with Crippen molar-refractivity contribution in [2.45, 2.75) is 13.3 Å². The molecule has 1 aromatic rings. The van der Waals surface area contributed by atoms with Gasteiger partial charge in [-0.3, -0.25) is 4.79 Å². The van der Waals surface area contributed by atoms with E-state index < -0.39 is 5.97 Å². The van der Waals surface area contributed by atoms with Gasteiger partial charge in [-0.05, 0) is 17.5 Å². The number of nitrogens with one attached hydrogen (secondary N) is 1. The first kappa shape index (κ1) is 13.4. The van der Waals surface area contributed by atoms with Crippen molar-refractivity contribution in [2.24, 2.45) is 5.92 Å². The summed E-state index contributed by atoms with van der Waals surface area (Å²) in [6.45, 7) is 2.23. The number of hydrogen-bond donors (Lipinski definition) is 2. The lowest BCUT2D eigenvalue weighted by molar-refractivity contribution is -0.137. The number of carboxylic acid groups (broad SMARTS) is 1. The van der Waals surface area contributed by atoms with Crippen LogP contribution in [-0.4, -0.2) is 39.7 Å². The Kier molecular flexibility index (Phi) is 4.89. The molecular weight excluding hydrogens is 248 g/mol. The minimum atomic E-state index is -0.842. The van der Waals surface area contributed by atoms with Gasteiger partial charge in [-0.2, -0.15) is 15.0 Å². The average molecular weight is 261 g/mol. The Labute approximate surface area is 103 Å². The van der Waals surface area contributed by atoms with Gasteiger partial charge in [0.1, 0.15) is 0 Å². The Morgan fingerprint density at radius 1 is 1.53 bits per heavy atom. The maximum absolute atomic E-state index is 10.5. The van der Waals surface area contributed by atoms with Gasteiger partial charge in [0.2, 0.25) is 11.2 Å². The van der Waals surface area contributed by atoms with Crippen molar-refractivity contribution >= 4 is 23.5 Å². The van der Waals surface area contributed by atoms with E-state index in [1.807, 2.05) is 0 Å². The number of anilines is 1. The number of halogens is 1. The van der Waals surface area contributed by atoms with Gasteiger partial charge in [-0.15, -0.1) is 0 Å². The third kappa shape index (κ3) is 4.81. The normalized spacial score (nSPS) is 11.9. The van der Waals surface area contributed by atoms with Crippen molar-refractivity contribution in [2.75, 3.05) is 19.0 Å². The number of rotatable bonds is 6. The molecule has 0 fully saturated rings. The third-order valence-electron chi connectivity index (χ3n) is 1.90. The van der Waals surface area contributed by atoms with Crippen molar-refractivity contribution in [1.82, 2.24) is 15.0 Å². The van der Waals surface area contributed by atoms with E-state index in [2.05, 4.69) is 20.3 Å². The van der Waals surface area contributed by atoms with E-state index in [9.17, 15) is 4.79 Å². The second-order valence-electron chi connectivity index (χ2n) is 3.50. The summed E-state index contributed by atoms with van der Waals surface area (Å²) in [6.07, 6.45) is 0.0724. The lowest BCUT2D eigenvalue weighted by atomic mass is 10.1. The summed E-state index contributed by atoms with van der Waals surface area (Å²) in [5, 5.41) is 11.5. The van der Waals surface area contributed by atoms with Crippen molar-refractivity contribution in [3.8, 4) is 6.01 Å².